The van der Waals surface area contributed by atoms with Gasteiger partial charge in [0.1, 0.15) is 11.4 Å². The van der Waals surface area contributed by atoms with Crippen LogP contribution < -0.4 is 19.9 Å². The number of anilines is 2. The maximum absolute atomic E-state index is 14.7. The molecule has 50 heavy (non-hydrogen) atoms. The molecule has 4 amide bonds. The van der Waals surface area contributed by atoms with Crippen LogP contribution in [0.25, 0.3) is 0 Å². The van der Waals surface area contributed by atoms with Gasteiger partial charge in [0.05, 0.1) is 36.3 Å². The highest BCUT2D eigenvalue weighted by Gasteiger charge is 2.49. The van der Waals surface area contributed by atoms with E-state index in [0.29, 0.717) is 56.3 Å². The van der Waals surface area contributed by atoms with E-state index in [1.54, 1.807) is 69.7 Å². The van der Waals surface area contributed by atoms with Crippen LogP contribution in [-0.4, -0.2) is 110 Å². The van der Waals surface area contributed by atoms with Crippen molar-refractivity contribution in [2.75, 3.05) is 56.4 Å². The summed E-state index contributed by atoms with van der Waals surface area (Å²) in [5.74, 6) is -2.47. The van der Waals surface area contributed by atoms with E-state index in [0.717, 1.165) is 12.8 Å². The number of nitrogens with one attached hydrogen (secondary N) is 1. The van der Waals surface area contributed by atoms with Crippen molar-refractivity contribution in [3.05, 3.63) is 18.2 Å². The van der Waals surface area contributed by atoms with Gasteiger partial charge in [-0.15, -0.1) is 0 Å². The van der Waals surface area contributed by atoms with Crippen molar-refractivity contribution in [2.24, 2.45) is 17.8 Å². The molecule has 2 aliphatic heterocycles. The van der Waals surface area contributed by atoms with Crippen molar-refractivity contribution in [2.45, 2.75) is 110 Å². The number of hydrogen-bond acceptors (Lipinski definition) is 9. The van der Waals surface area contributed by atoms with Gasteiger partial charge in [-0.05, 0) is 91.3 Å². The Morgan fingerprint density at radius 3 is 2.42 bits per heavy atom. The summed E-state index contributed by atoms with van der Waals surface area (Å²) in [4.78, 5) is 60.1. The lowest BCUT2D eigenvalue weighted by Crippen LogP contribution is -2.61. The van der Waals surface area contributed by atoms with Gasteiger partial charge in [0.2, 0.25) is 11.8 Å². The zero-order valence-corrected chi connectivity index (χ0v) is 31.3. The smallest absolute Gasteiger partial charge is 0.410 e. The number of likely N-dealkylation sites (tertiary alicyclic amines) is 1. The van der Waals surface area contributed by atoms with Crippen molar-refractivity contribution in [3.63, 3.8) is 0 Å². The van der Waals surface area contributed by atoms with Gasteiger partial charge in [-0.2, -0.15) is 0 Å². The summed E-state index contributed by atoms with van der Waals surface area (Å²) >= 11 is 0. The molecular formula is C37H58N4O9. The lowest BCUT2D eigenvalue weighted by molar-refractivity contribution is -0.141. The Morgan fingerprint density at radius 1 is 1.14 bits per heavy atom. The van der Waals surface area contributed by atoms with E-state index >= 15 is 0 Å². The molecule has 13 nitrogen and oxygen atoms in total. The van der Waals surface area contributed by atoms with E-state index in [2.05, 4.69) is 19.2 Å². The van der Waals surface area contributed by atoms with Gasteiger partial charge in [-0.25, -0.2) is 4.79 Å². The Labute approximate surface area is 296 Å². The molecule has 0 spiro atoms. The minimum absolute atomic E-state index is 0.108. The Kier molecular flexibility index (Phi) is 12.8. The largest absolute Gasteiger partial charge is 0.476 e. The fourth-order valence-corrected chi connectivity index (χ4v) is 6.61. The summed E-state index contributed by atoms with van der Waals surface area (Å²) in [7, 11) is 1.61. The molecule has 1 aromatic rings. The van der Waals surface area contributed by atoms with E-state index in [1.807, 2.05) is 6.92 Å². The standard InChI is InChI=1S/C37H58N4O9/c1-10-48-22-24(18-23(2)3)38-32(43)27-20-39(35(46)50-36(4,5)6)21-28(31(27)42)33(44)41(25-12-13-25)26-14-15-30-29(19-26)40(16-11-17-47-9)34(45)37(7,8)49-30/h14-15,19,23-25,27-28,31,42H,10-13,16-18,20-22H2,1-9H3,(H,38,43)/t24?,27-,28+,31-/m1/s1. The molecule has 4 rings (SSSR count). The van der Waals surface area contributed by atoms with E-state index in [1.165, 1.54) is 4.90 Å². The topological polar surface area (TPSA) is 147 Å². The van der Waals surface area contributed by atoms with Gasteiger partial charge in [0.25, 0.3) is 5.91 Å². The minimum Gasteiger partial charge on any atom is -0.476 e. The number of hydrogen-bond donors (Lipinski definition) is 2. The molecule has 1 unspecified atom stereocenters. The molecule has 2 fully saturated rings. The van der Waals surface area contributed by atoms with Crippen LogP contribution in [0.4, 0.5) is 16.2 Å². The fourth-order valence-electron chi connectivity index (χ4n) is 6.61. The maximum Gasteiger partial charge on any atom is 0.410 e. The fraction of sp³-hybridized carbons (Fsp3) is 0.730. The third-order valence-corrected chi connectivity index (χ3v) is 9.11. The van der Waals surface area contributed by atoms with Crippen LogP contribution >= 0.6 is 0 Å². The number of benzene rings is 1. The van der Waals surface area contributed by atoms with E-state index < -0.39 is 47.0 Å². The highest BCUT2D eigenvalue weighted by molar-refractivity contribution is 6.04. The molecule has 1 saturated heterocycles. The van der Waals surface area contributed by atoms with Crippen LogP contribution in [0.1, 0.15) is 81.1 Å². The average molecular weight is 703 g/mol. The second-order valence-corrected chi connectivity index (χ2v) is 15.6. The number of carbonyl (C=O) groups excluding carboxylic acids is 4. The highest BCUT2D eigenvalue weighted by atomic mass is 16.6. The zero-order chi connectivity index (χ0) is 37.0. The Bertz CT molecular complexity index is 1370. The summed E-state index contributed by atoms with van der Waals surface area (Å²) in [6.45, 7) is 16.1. The number of fused-ring (bicyclic) bond motifs is 1. The molecule has 2 heterocycles. The zero-order valence-electron chi connectivity index (χ0n) is 31.3. The number of methoxy groups -OCH3 is 1. The van der Waals surface area contributed by atoms with Gasteiger partial charge in [-0.1, -0.05) is 13.8 Å². The quantitative estimate of drug-likeness (QED) is 0.273. The third kappa shape index (κ3) is 9.67. The number of piperidine rings is 1. The van der Waals surface area contributed by atoms with Crippen LogP contribution in [0, 0.1) is 17.8 Å². The molecule has 4 atom stereocenters. The molecule has 0 bridgehead atoms. The van der Waals surface area contributed by atoms with Crippen LogP contribution in [0.15, 0.2) is 18.2 Å². The number of rotatable bonds is 14. The van der Waals surface area contributed by atoms with Gasteiger partial charge in [0.15, 0.2) is 5.60 Å². The first kappa shape index (κ1) is 39.4. The minimum atomic E-state index is -1.37. The molecule has 1 saturated carbocycles. The monoisotopic (exact) mass is 702 g/mol. The second-order valence-electron chi connectivity index (χ2n) is 15.6. The van der Waals surface area contributed by atoms with Crippen LogP contribution in [0.5, 0.6) is 5.75 Å². The van der Waals surface area contributed by atoms with Crippen molar-refractivity contribution in [1.82, 2.24) is 10.2 Å². The van der Waals surface area contributed by atoms with E-state index in [9.17, 15) is 24.3 Å². The second kappa shape index (κ2) is 16.3. The first-order chi connectivity index (χ1) is 23.5. The Hall–Kier alpha value is -3.42. The van der Waals surface area contributed by atoms with Gasteiger partial charge >= 0.3 is 6.09 Å². The Balaban J connectivity index is 1.68. The number of carbonyl (C=O) groups is 4. The molecule has 0 radical (unpaired) electrons. The number of aliphatic hydroxyl groups excluding tert-OH is 1. The van der Waals surface area contributed by atoms with E-state index in [4.69, 9.17) is 18.9 Å². The highest BCUT2D eigenvalue weighted by Crippen LogP contribution is 2.43. The van der Waals surface area contributed by atoms with Crippen LogP contribution in [0.3, 0.4) is 0 Å². The summed E-state index contributed by atoms with van der Waals surface area (Å²) in [6, 6.07) is 4.88. The van der Waals surface area contributed by atoms with Crippen molar-refractivity contribution in [1.29, 1.82) is 0 Å². The predicted octanol–water partition coefficient (Wildman–Crippen LogP) is 4.13. The average Bonchev–Trinajstić information content (AvgIpc) is 3.86. The first-order valence-electron chi connectivity index (χ1n) is 18.0. The van der Waals surface area contributed by atoms with Crippen molar-refractivity contribution in [3.8, 4) is 5.75 Å². The summed E-state index contributed by atoms with van der Waals surface area (Å²) in [5, 5.41) is 14.8. The molecule has 3 aliphatic rings. The molecule has 280 valence electrons. The lowest BCUT2D eigenvalue weighted by atomic mass is 9.84. The Morgan fingerprint density at radius 2 is 1.82 bits per heavy atom. The van der Waals surface area contributed by atoms with E-state index in [-0.39, 0.29) is 37.0 Å². The van der Waals surface area contributed by atoms with Crippen molar-refractivity contribution < 1.29 is 43.2 Å². The normalized spacial score (nSPS) is 22.5. The molecular weight excluding hydrogens is 644 g/mol. The molecule has 1 aromatic carbocycles. The molecule has 1 aliphatic carbocycles. The third-order valence-electron chi connectivity index (χ3n) is 9.11. The van der Waals surface area contributed by atoms with Gasteiger partial charge in [-0.3, -0.25) is 14.4 Å². The number of nitrogens with zero attached hydrogens (tertiary/aromatic N) is 3. The summed E-state index contributed by atoms with van der Waals surface area (Å²) in [6.07, 6.45) is 0.729. The van der Waals surface area contributed by atoms with Crippen LogP contribution in [0.2, 0.25) is 0 Å². The molecule has 0 aromatic heterocycles. The summed E-state index contributed by atoms with van der Waals surface area (Å²) < 4.78 is 22.6. The maximum atomic E-state index is 14.7. The number of aliphatic hydroxyl groups is 1. The SMILES string of the molecule is CCOCC(CC(C)C)NC(=O)[C@@H]1CN(C(=O)OC(C)(C)C)C[C@H](C(=O)N(c2ccc3c(c2)N(CCCOC)C(=O)C(C)(C)O3)C2CC2)[C@@H]1O. The van der Waals surface area contributed by atoms with Gasteiger partial charge < -0.3 is 44.1 Å². The molecule has 13 heteroatoms. The van der Waals surface area contributed by atoms with Crippen LogP contribution in [-0.2, 0) is 28.6 Å². The number of ether oxygens (including phenoxy) is 4. The predicted molar refractivity (Wildman–Crippen MR) is 189 cm³/mol. The van der Waals surface area contributed by atoms with Crippen molar-refractivity contribution >= 4 is 35.2 Å². The van der Waals surface area contributed by atoms with Gasteiger partial charge in [0, 0.05) is 51.7 Å². The number of amides is 4. The molecule has 2 N–H and O–H groups in total. The summed E-state index contributed by atoms with van der Waals surface area (Å²) in [5.41, 5.74) is -0.794. The lowest BCUT2D eigenvalue weighted by Gasteiger charge is -2.42. The first-order valence-corrected chi connectivity index (χ1v) is 18.0.